The van der Waals surface area contributed by atoms with Crippen LogP contribution in [0, 0.1) is 6.92 Å². The molecule has 1 aliphatic heterocycles. The molecule has 1 amide bonds. The average Bonchev–Trinajstić information content (AvgIpc) is 3.43. The fourth-order valence-electron chi connectivity index (χ4n) is 4.12. The van der Waals surface area contributed by atoms with Crippen molar-refractivity contribution in [2.75, 3.05) is 13.2 Å². The van der Waals surface area contributed by atoms with Crippen molar-refractivity contribution in [3.8, 4) is 22.7 Å². The molecule has 0 saturated carbocycles. The Bertz CT molecular complexity index is 1380. The molecular weight excluding hydrogens is 518 g/mol. The van der Waals surface area contributed by atoms with Crippen molar-refractivity contribution in [1.29, 1.82) is 0 Å². The summed E-state index contributed by atoms with van der Waals surface area (Å²) in [5.41, 5.74) is 4.39. The topological polar surface area (TPSA) is 84.7 Å². The summed E-state index contributed by atoms with van der Waals surface area (Å²) in [6.45, 7) is 6.60. The van der Waals surface area contributed by atoms with Gasteiger partial charge in [0, 0.05) is 30.3 Å². The molecule has 9 heteroatoms. The highest BCUT2D eigenvalue weighted by atomic mass is 32.2. The Morgan fingerprint density at radius 2 is 1.97 bits per heavy atom. The van der Waals surface area contributed by atoms with Crippen molar-refractivity contribution in [2.45, 2.75) is 32.6 Å². The van der Waals surface area contributed by atoms with Gasteiger partial charge in [-0.05, 0) is 61.7 Å². The number of carbonyl (C=O) groups is 2. The van der Waals surface area contributed by atoms with Crippen molar-refractivity contribution >= 4 is 46.3 Å². The summed E-state index contributed by atoms with van der Waals surface area (Å²) in [6, 6.07) is 15.7. The summed E-state index contributed by atoms with van der Waals surface area (Å²) in [6.07, 6.45) is 7.62. The minimum absolute atomic E-state index is 0.132. The number of aryl methyl sites for hydroxylation is 1. The van der Waals surface area contributed by atoms with Gasteiger partial charge >= 0.3 is 5.97 Å². The number of aliphatic carboxylic acids is 1. The van der Waals surface area contributed by atoms with E-state index in [1.165, 1.54) is 11.8 Å². The first-order valence-corrected chi connectivity index (χ1v) is 13.6. The predicted octanol–water partition coefficient (Wildman–Crippen LogP) is 6.26. The summed E-state index contributed by atoms with van der Waals surface area (Å²) >= 11 is 6.78. The first-order chi connectivity index (χ1) is 18.4. The van der Waals surface area contributed by atoms with Crippen LogP contribution in [0.15, 0.2) is 72.3 Å². The zero-order chi connectivity index (χ0) is 27.1. The Morgan fingerprint density at radius 1 is 1.18 bits per heavy atom. The third kappa shape index (κ3) is 6.59. The number of rotatable bonds is 12. The number of ether oxygens (including phenoxy) is 1. The van der Waals surface area contributed by atoms with Gasteiger partial charge in [-0.25, -0.2) is 4.68 Å². The molecule has 0 radical (unpaired) electrons. The van der Waals surface area contributed by atoms with Gasteiger partial charge in [0.1, 0.15) is 22.4 Å². The number of amides is 1. The highest BCUT2D eigenvalue weighted by molar-refractivity contribution is 8.26. The van der Waals surface area contributed by atoms with Gasteiger partial charge in [0.2, 0.25) is 0 Å². The van der Waals surface area contributed by atoms with E-state index in [-0.39, 0.29) is 12.3 Å². The largest absolute Gasteiger partial charge is 0.490 e. The number of thiocarbonyl (C=S) groups is 1. The Kier molecular flexibility index (Phi) is 9.15. The van der Waals surface area contributed by atoms with Crippen molar-refractivity contribution in [3.63, 3.8) is 0 Å². The molecule has 1 aliphatic rings. The molecule has 7 nitrogen and oxygen atoms in total. The second-order valence-corrected chi connectivity index (χ2v) is 10.5. The number of unbranched alkanes of at least 4 members (excludes halogenated alkanes) is 2. The second-order valence-electron chi connectivity index (χ2n) is 8.83. The highest BCUT2D eigenvalue weighted by Gasteiger charge is 2.32. The van der Waals surface area contributed by atoms with Crippen molar-refractivity contribution in [3.05, 3.63) is 83.4 Å². The van der Waals surface area contributed by atoms with Crippen LogP contribution in [0.25, 0.3) is 23.0 Å². The average molecular weight is 548 g/mol. The first kappa shape index (κ1) is 27.3. The minimum atomic E-state index is -0.806. The number of carbonyl (C=O) groups excluding carboxylic acids is 1. The van der Waals surface area contributed by atoms with Gasteiger partial charge in [-0.2, -0.15) is 5.10 Å². The van der Waals surface area contributed by atoms with E-state index in [1.54, 1.807) is 11.0 Å². The Morgan fingerprint density at radius 3 is 2.68 bits per heavy atom. The van der Waals surface area contributed by atoms with Gasteiger partial charge in [-0.3, -0.25) is 14.5 Å². The monoisotopic (exact) mass is 547 g/mol. The number of thioether (sulfide) groups is 1. The molecule has 1 aromatic heterocycles. The summed E-state index contributed by atoms with van der Waals surface area (Å²) in [5, 5.41) is 13.7. The molecule has 1 saturated heterocycles. The smallest absolute Gasteiger partial charge is 0.303 e. The fourth-order valence-corrected chi connectivity index (χ4v) is 5.42. The number of carboxylic acid groups (broad SMARTS) is 1. The molecule has 3 aromatic rings. The van der Waals surface area contributed by atoms with Crippen LogP contribution < -0.4 is 4.74 Å². The zero-order valence-electron chi connectivity index (χ0n) is 21.1. The van der Waals surface area contributed by atoms with E-state index < -0.39 is 5.97 Å². The molecule has 0 aliphatic carbocycles. The van der Waals surface area contributed by atoms with Crippen LogP contribution in [0.5, 0.6) is 5.75 Å². The maximum Gasteiger partial charge on any atom is 0.303 e. The molecule has 0 bridgehead atoms. The fraction of sp³-hybridized carbons (Fsp3) is 0.241. The van der Waals surface area contributed by atoms with Gasteiger partial charge in [0.25, 0.3) is 5.91 Å². The first-order valence-electron chi connectivity index (χ1n) is 12.3. The number of aromatic nitrogens is 2. The number of carboxylic acids is 1. The van der Waals surface area contributed by atoms with Crippen LogP contribution >= 0.6 is 24.0 Å². The van der Waals surface area contributed by atoms with Crippen molar-refractivity contribution in [1.82, 2.24) is 14.7 Å². The summed E-state index contributed by atoms with van der Waals surface area (Å²) in [7, 11) is 0. The number of hydrogen-bond donors (Lipinski definition) is 1. The lowest BCUT2D eigenvalue weighted by atomic mass is 10.0. The quantitative estimate of drug-likeness (QED) is 0.124. The van der Waals surface area contributed by atoms with Crippen LogP contribution in [0.2, 0.25) is 0 Å². The molecule has 38 heavy (non-hydrogen) atoms. The number of nitrogens with zero attached hydrogens (tertiary/aromatic N) is 3. The van der Waals surface area contributed by atoms with E-state index in [1.807, 2.05) is 72.4 Å². The lowest BCUT2D eigenvalue weighted by molar-refractivity contribution is -0.137. The van der Waals surface area contributed by atoms with Gasteiger partial charge < -0.3 is 9.84 Å². The lowest BCUT2D eigenvalue weighted by Gasteiger charge is -2.13. The highest BCUT2D eigenvalue weighted by Crippen LogP contribution is 2.36. The maximum absolute atomic E-state index is 13.2. The van der Waals surface area contributed by atoms with E-state index in [9.17, 15) is 9.59 Å². The van der Waals surface area contributed by atoms with E-state index >= 15 is 0 Å². The van der Waals surface area contributed by atoms with Crippen molar-refractivity contribution in [2.24, 2.45) is 0 Å². The van der Waals surface area contributed by atoms with Crippen LogP contribution in [-0.4, -0.2) is 49.1 Å². The SMILES string of the molecule is C=CCOc1ccc(-c2nn(-c3ccccc3)cc2/C=C2\SC(=S)N(CCCCCC(=O)O)C2=O)c(C)c1. The van der Waals surface area contributed by atoms with Gasteiger partial charge in [0.15, 0.2) is 0 Å². The van der Waals surface area contributed by atoms with Crippen LogP contribution in [0.3, 0.4) is 0 Å². The molecule has 0 spiro atoms. The summed E-state index contributed by atoms with van der Waals surface area (Å²) in [5.74, 6) is -0.194. The third-order valence-corrected chi connectivity index (χ3v) is 7.39. The molecule has 2 heterocycles. The van der Waals surface area contributed by atoms with E-state index in [2.05, 4.69) is 6.58 Å². The maximum atomic E-state index is 13.2. The van der Waals surface area contributed by atoms with Gasteiger partial charge in [-0.1, -0.05) is 61.3 Å². The molecule has 1 N–H and O–H groups in total. The molecule has 196 valence electrons. The van der Waals surface area contributed by atoms with Crippen LogP contribution in [-0.2, 0) is 9.59 Å². The Labute approximate surface area is 231 Å². The Hall–Kier alpha value is -3.69. The number of para-hydroxylation sites is 1. The van der Waals surface area contributed by atoms with Gasteiger partial charge in [0.05, 0.1) is 10.6 Å². The van der Waals surface area contributed by atoms with Gasteiger partial charge in [-0.15, -0.1) is 0 Å². The molecule has 2 aromatic carbocycles. The van der Waals surface area contributed by atoms with E-state index in [0.717, 1.165) is 40.2 Å². The van der Waals surface area contributed by atoms with Crippen molar-refractivity contribution < 1.29 is 19.4 Å². The predicted molar refractivity (Wildman–Crippen MR) is 155 cm³/mol. The minimum Gasteiger partial charge on any atom is -0.490 e. The normalized spacial score (nSPS) is 14.3. The third-order valence-electron chi connectivity index (χ3n) is 6.02. The lowest BCUT2D eigenvalue weighted by Crippen LogP contribution is -2.29. The number of hydrogen-bond acceptors (Lipinski definition) is 6. The van der Waals surface area contributed by atoms with Crippen LogP contribution in [0.4, 0.5) is 0 Å². The molecule has 1 fully saturated rings. The summed E-state index contributed by atoms with van der Waals surface area (Å²) < 4.78 is 8.01. The molecule has 0 unspecified atom stereocenters. The van der Waals surface area contributed by atoms with E-state index in [4.69, 9.17) is 27.2 Å². The standard InChI is InChI=1S/C29H29N3O4S2/c1-3-16-36-23-13-14-24(20(2)17-23)27-21(19-32(30-27)22-10-6-4-7-11-22)18-25-28(35)31(29(37)38-25)15-9-5-8-12-26(33)34/h3-4,6-7,10-11,13-14,17-19H,1,5,8-9,12,15-16H2,2H3,(H,33,34)/b25-18-. The summed E-state index contributed by atoms with van der Waals surface area (Å²) in [4.78, 5) is 26.1. The Balaban J connectivity index is 1.63. The molecule has 4 rings (SSSR count). The molecular formula is C29H29N3O4S2. The van der Waals surface area contributed by atoms with E-state index in [0.29, 0.717) is 35.2 Å². The molecule has 0 atom stereocenters. The number of benzene rings is 2. The second kappa shape index (κ2) is 12.7. The van der Waals surface area contributed by atoms with Crippen LogP contribution in [0.1, 0.15) is 36.8 Å². The zero-order valence-corrected chi connectivity index (χ0v) is 22.8.